The number of para-hydroxylation sites is 1. The van der Waals surface area contributed by atoms with Crippen LogP contribution >= 0.6 is 0 Å². The molecule has 1 aromatic heterocycles. The van der Waals surface area contributed by atoms with E-state index in [1.807, 2.05) is 0 Å². The summed E-state index contributed by atoms with van der Waals surface area (Å²) in [6.07, 6.45) is 1.65. The molecule has 5 nitrogen and oxygen atoms in total. The van der Waals surface area contributed by atoms with Gasteiger partial charge >= 0.3 is 5.69 Å². The van der Waals surface area contributed by atoms with Crippen molar-refractivity contribution in [2.24, 2.45) is 0 Å². The van der Waals surface area contributed by atoms with Gasteiger partial charge in [-0.1, -0.05) is 12.1 Å². The summed E-state index contributed by atoms with van der Waals surface area (Å²) in [5.74, 6) is -3.19. The molecule has 0 atom stereocenters. The molecule has 0 bridgehead atoms. The SMILES string of the molecule is O=[N+]([O-])c1ccc(F)c(F)c1Oc1cccc2cc[nH]c12. The Kier molecular flexibility index (Phi) is 3.02. The Morgan fingerprint density at radius 3 is 2.71 bits per heavy atom. The number of H-pyrrole nitrogens is 1. The lowest BCUT2D eigenvalue weighted by Gasteiger charge is -2.08. The number of ether oxygens (including phenoxy) is 1. The first kappa shape index (κ1) is 13.0. The van der Waals surface area contributed by atoms with E-state index in [2.05, 4.69) is 4.98 Å². The number of hydrogen-bond donors (Lipinski definition) is 1. The van der Waals surface area contributed by atoms with Gasteiger partial charge < -0.3 is 9.72 Å². The van der Waals surface area contributed by atoms with E-state index in [1.165, 1.54) is 6.07 Å². The number of benzene rings is 2. The topological polar surface area (TPSA) is 68.2 Å². The third-order valence-electron chi connectivity index (χ3n) is 2.99. The average molecular weight is 290 g/mol. The number of hydrogen-bond acceptors (Lipinski definition) is 3. The van der Waals surface area contributed by atoms with Crippen molar-refractivity contribution >= 4 is 16.6 Å². The van der Waals surface area contributed by atoms with Gasteiger partial charge in [-0.3, -0.25) is 10.1 Å². The molecule has 0 aliphatic carbocycles. The second-order valence-electron chi connectivity index (χ2n) is 4.27. The van der Waals surface area contributed by atoms with Crippen LogP contribution in [0.1, 0.15) is 0 Å². The molecular formula is C14H8F2N2O3. The second-order valence-corrected chi connectivity index (χ2v) is 4.27. The van der Waals surface area contributed by atoms with Crippen molar-refractivity contribution in [3.05, 3.63) is 64.3 Å². The van der Waals surface area contributed by atoms with Gasteiger partial charge in [-0.25, -0.2) is 4.39 Å². The molecule has 1 N–H and O–H groups in total. The highest BCUT2D eigenvalue weighted by atomic mass is 19.2. The highest BCUT2D eigenvalue weighted by molar-refractivity contribution is 5.85. The minimum Gasteiger partial charge on any atom is -0.445 e. The molecule has 0 saturated heterocycles. The van der Waals surface area contributed by atoms with Gasteiger partial charge in [-0.15, -0.1) is 0 Å². The van der Waals surface area contributed by atoms with Crippen molar-refractivity contribution in [1.29, 1.82) is 0 Å². The number of aromatic amines is 1. The lowest BCUT2D eigenvalue weighted by Crippen LogP contribution is -1.98. The average Bonchev–Trinajstić information content (AvgIpc) is 2.93. The molecular weight excluding hydrogens is 282 g/mol. The van der Waals surface area contributed by atoms with Crippen molar-refractivity contribution < 1.29 is 18.4 Å². The molecule has 106 valence electrons. The summed E-state index contributed by atoms with van der Waals surface area (Å²) in [5, 5.41) is 11.7. The summed E-state index contributed by atoms with van der Waals surface area (Å²) in [5.41, 5.74) is -0.104. The molecule has 0 unspecified atom stereocenters. The number of nitrogens with one attached hydrogen (secondary N) is 1. The molecule has 0 spiro atoms. The second kappa shape index (κ2) is 4.86. The van der Waals surface area contributed by atoms with Crippen LogP contribution in [0.3, 0.4) is 0 Å². The smallest absolute Gasteiger partial charge is 0.314 e. The molecule has 3 rings (SSSR count). The monoisotopic (exact) mass is 290 g/mol. The van der Waals surface area contributed by atoms with Gasteiger partial charge in [0.25, 0.3) is 0 Å². The van der Waals surface area contributed by atoms with Crippen LogP contribution in [0.5, 0.6) is 11.5 Å². The maximum atomic E-state index is 13.8. The van der Waals surface area contributed by atoms with E-state index in [0.717, 1.165) is 11.5 Å². The van der Waals surface area contributed by atoms with Gasteiger partial charge in [-0.05, 0) is 18.2 Å². The fourth-order valence-electron chi connectivity index (χ4n) is 2.01. The Morgan fingerprint density at radius 2 is 1.95 bits per heavy atom. The van der Waals surface area contributed by atoms with Gasteiger partial charge in [-0.2, -0.15) is 4.39 Å². The van der Waals surface area contributed by atoms with E-state index in [9.17, 15) is 18.9 Å². The fourth-order valence-corrected chi connectivity index (χ4v) is 2.01. The third-order valence-corrected chi connectivity index (χ3v) is 2.99. The molecule has 0 radical (unpaired) electrons. The summed E-state index contributed by atoms with van der Waals surface area (Å²) in [6, 6.07) is 8.26. The zero-order chi connectivity index (χ0) is 15.0. The largest absolute Gasteiger partial charge is 0.445 e. The number of nitro groups is 1. The summed E-state index contributed by atoms with van der Waals surface area (Å²) in [4.78, 5) is 13.0. The minimum absolute atomic E-state index is 0.171. The van der Waals surface area contributed by atoms with Crippen LogP contribution in [0.2, 0.25) is 0 Å². The van der Waals surface area contributed by atoms with Crippen molar-refractivity contribution in [1.82, 2.24) is 4.98 Å². The first-order valence-electron chi connectivity index (χ1n) is 5.94. The van der Waals surface area contributed by atoms with Crippen LogP contribution in [0.25, 0.3) is 10.9 Å². The molecule has 0 fully saturated rings. The maximum absolute atomic E-state index is 13.8. The van der Waals surface area contributed by atoms with E-state index in [-0.39, 0.29) is 5.75 Å². The Balaban J connectivity index is 2.15. The summed E-state index contributed by atoms with van der Waals surface area (Å²) in [6.45, 7) is 0. The normalized spacial score (nSPS) is 10.8. The van der Waals surface area contributed by atoms with Gasteiger partial charge in [0.05, 0.1) is 10.4 Å². The summed E-state index contributed by atoms with van der Waals surface area (Å²) in [7, 11) is 0. The fraction of sp³-hybridized carbons (Fsp3) is 0. The molecule has 2 aromatic carbocycles. The molecule has 0 amide bonds. The maximum Gasteiger partial charge on any atom is 0.314 e. The van der Waals surface area contributed by atoms with Crippen molar-refractivity contribution in [2.75, 3.05) is 0 Å². The van der Waals surface area contributed by atoms with Crippen LogP contribution < -0.4 is 4.74 Å². The predicted molar refractivity (Wildman–Crippen MR) is 71.4 cm³/mol. The van der Waals surface area contributed by atoms with Crippen LogP contribution in [0.4, 0.5) is 14.5 Å². The lowest BCUT2D eigenvalue weighted by molar-refractivity contribution is -0.385. The summed E-state index contributed by atoms with van der Waals surface area (Å²) < 4.78 is 32.4. The zero-order valence-corrected chi connectivity index (χ0v) is 10.5. The van der Waals surface area contributed by atoms with Gasteiger partial charge in [0.2, 0.25) is 11.6 Å². The molecule has 1 heterocycles. The van der Waals surface area contributed by atoms with Crippen molar-refractivity contribution in [2.45, 2.75) is 0 Å². The third kappa shape index (κ3) is 2.18. The number of nitrogens with zero attached hydrogens (tertiary/aromatic N) is 1. The molecule has 0 aliphatic heterocycles. The Hall–Kier alpha value is -2.96. The number of fused-ring (bicyclic) bond motifs is 1. The highest BCUT2D eigenvalue weighted by Crippen LogP contribution is 2.37. The highest BCUT2D eigenvalue weighted by Gasteiger charge is 2.24. The number of aromatic nitrogens is 1. The molecule has 7 heteroatoms. The molecule has 0 aliphatic rings. The standard InChI is InChI=1S/C14H8F2N2O3/c15-9-4-5-10(18(19)20)14(12(9)16)21-11-3-1-2-8-6-7-17-13(8)11/h1-7,17H. The first-order valence-corrected chi connectivity index (χ1v) is 5.94. The Morgan fingerprint density at radius 1 is 1.14 bits per heavy atom. The Bertz CT molecular complexity index is 845. The van der Waals surface area contributed by atoms with E-state index >= 15 is 0 Å². The minimum atomic E-state index is -1.40. The van der Waals surface area contributed by atoms with Gasteiger partial charge in [0, 0.05) is 17.6 Å². The zero-order valence-electron chi connectivity index (χ0n) is 10.5. The molecule has 21 heavy (non-hydrogen) atoms. The summed E-state index contributed by atoms with van der Waals surface area (Å²) >= 11 is 0. The van der Waals surface area contributed by atoms with E-state index in [4.69, 9.17) is 4.74 Å². The van der Waals surface area contributed by atoms with Crippen LogP contribution in [0.15, 0.2) is 42.6 Å². The van der Waals surface area contributed by atoms with Gasteiger partial charge in [0.1, 0.15) is 0 Å². The predicted octanol–water partition coefficient (Wildman–Crippen LogP) is 4.15. The van der Waals surface area contributed by atoms with Gasteiger partial charge in [0.15, 0.2) is 11.6 Å². The van der Waals surface area contributed by atoms with E-state index in [1.54, 1.807) is 24.4 Å². The Labute approximate surface area is 116 Å². The molecule has 0 saturated carbocycles. The van der Waals surface area contributed by atoms with Crippen LogP contribution in [-0.2, 0) is 0 Å². The van der Waals surface area contributed by atoms with E-state index < -0.39 is 28.0 Å². The first-order chi connectivity index (χ1) is 10.1. The lowest BCUT2D eigenvalue weighted by atomic mass is 10.2. The quantitative estimate of drug-likeness (QED) is 0.582. The van der Waals surface area contributed by atoms with Crippen LogP contribution in [-0.4, -0.2) is 9.91 Å². The molecule has 3 aromatic rings. The number of nitro benzene ring substituents is 1. The number of halogens is 2. The number of rotatable bonds is 3. The van der Waals surface area contributed by atoms with Crippen molar-refractivity contribution in [3.63, 3.8) is 0 Å². The van der Waals surface area contributed by atoms with Crippen LogP contribution in [0, 0.1) is 21.7 Å². The van der Waals surface area contributed by atoms with Crippen molar-refractivity contribution in [3.8, 4) is 11.5 Å². The van der Waals surface area contributed by atoms with E-state index in [0.29, 0.717) is 11.6 Å².